The van der Waals surface area contributed by atoms with E-state index >= 15 is 0 Å². The monoisotopic (exact) mass is 419 g/mol. The van der Waals surface area contributed by atoms with Crippen LogP contribution in [0, 0.1) is 0 Å². The summed E-state index contributed by atoms with van der Waals surface area (Å²) in [6, 6.07) is 13.0. The van der Waals surface area contributed by atoms with Crippen LogP contribution in [0.1, 0.15) is 23.7 Å². The SMILES string of the molecule is CCOC(=O)c1ccc(N2CCCN(C(=O)Nc3cccc4cccnc34)CC2)nc1. The maximum atomic E-state index is 12.9. The second-order valence-corrected chi connectivity index (χ2v) is 7.26. The number of carbonyl (C=O) groups excluding carboxylic acids is 2. The van der Waals surface area contributed by atoms with E-state index in [1.807, 2.05) is 41.3 Å². The molecular weight excluding hydrogens is 394 g/mol. The van der Waals surface area contributed by atoms with Crippen LogP contribution in [-0.2, 0) is 4.74 Å². The van der Waals surface area contributed by atoms with Crippen molar-refractivity contribution < 1.29 is 14.3 Å². The van der Waals surface area contributed by atoms with Crippen LogP contribution >= 0.6 is 0 Å². The lowest BCUT2D eigenvalue weighted by molar-refractivity contribution is 0.0526. The van der Waals surface area contributed by atoms with Crippen molar-refractivity contribution >= 4 is 34.4 Å². The lowest BCUT2D eigenvalue weighted by Crippen LogP contribution is -2.38. The predicted molar refractivity (Wildman–Crippen MR) is 119 cm³/mol. The first-order valence-corrected chi connectivity index (χ1v) is 10.4. The molecule has 160 valence electrons. The van der Waals surface area contributed by atoms with Gasteiger partial charge in [0.2, 0.25) is 0 Å². The van der Waals surface area contributed by atoms with Crippen LogP contribution in [0.2, 0.25) is 0 Å². The zero-order valence-electron chi connectivity index (χ0n) is 17.5. The average molecular weight is 419 g/mol. The molecule has 0 unspecified atom stereocenters. The smallest absolute Gasteiger partial charge is 0.339 e. The Labute approximate surface area is 180 Å². The van der Waals surface area contributed by atoms with E-state index in [0.29, 0.717) is 37.5 Å². The van der Waals surface area contributed by atoms with Crippen LogP contribution in [0.5, 0.6) is 0 Å². The summed E-state index contributed by atoms with van der Waals surface area (Å²) >= 11 is 0. The number of hydrogen-bond donors (Lipinski definition) is 1. The van der Waals surface area contributed by atoms with E-state index in [2.05, 4.69) is 20.2 Å². The topological polar surface area (TPSA) is 87.7 Å². The van der Waals surface area contributed by atoms with Crippen LogP contribution < -0.4 is 10.2 Å². The zero-order chi connectivity index (χ0) is 21.6. The summed E-state index contributed by atoms with van der Waals surface area (Å²) < 4.78 is 5.00. The first-order valence-electron chi connectivity index (χ1n) is 10.4. The lowest BCUT2D eigenvalue weighted by Gasteiger charge is -2.23. The Kier molecular flexibility index (Phi) is 6.26. The number of hydrogen-bond acceptors (Lipinski definition) is 6. The van der Waals surface area contributed by atoms with Gasteiger partial charge in [-0.3, -0.25) is 4.98 Å². The van der Waals surface area contributed by atoms with Gasteiger partial charge in [0, 0.05) is 44.0 Å². The van der Waals surface area contributed by atoms with Crippen molar-refractivity contribution in [1.82, 2.24) is 14.9 Å². The molecule has 1 N–H and O–H groups in total. The summed E-state index contributed by atoms with van der Waals surface area (Å²) in [6.45, 7) is 4.78. The minimum absolute atomic E-state index is 0.134. The Morgan fingerprint density at radius 3 is 2.71 bits per heavy atom. The molecule has 8 nitrogen and oxygen atoms in total. The summed E-state index contributed by atoms with van der Waals surface area (Å²) in [5.74, 6) is 0.414. The highest BCUT2D eigenvalue weighted by Crippen LogP contribution is 2.21. The third kappa shape index (κ3) is 4.74. The summed E-state index contributed by atoms with van der Waals surface area (Å²) in [7, 11) is 0. The van der Waals surface area contributed by atoms with E-state index in [1.165, 1.54) is 6.20 Å². The Balaban J connectivity index is 1.39. The van der Waals surface area contributed by atoms with E-state index in [4.69, 9.17) is 4.74 Å². The molecule has 2 amide bonds. The van der Waals surface area contributed by atoms with Gasteiger partial charge in [-0.2, -0.15) is 0 Å². The third-order valence-electron chi connectivity index (χ3n) is 5.24. The van der Waals surface area contributed by atoms with Gasteiger partial charge in [0.1, 0.15) is 5.82 Å². The van der Waals surface area contributed by atoms with Crippen molar-refractivity contribution in [3.63, 3.8) is 0 Å². The number of ether oxygens (including phenoxy) is 1. The number of nitrogens with zero attached hydrogens (tertiary/aromatic N) is 4. The summed E-state index contributed by atoms with van der Waals surface area (Å²) in [5.41, 5.74) is 1.92. The molecule has 3 heterocycles. The Morgan fingerprint density at radius 1 is 1.03 bits per heavy atom. The van der Waals surface area contributed by atoms with Crippen molar-refractivity contribution in [2.24, 2.45) is 0 Å². The quantitative estimate of drug-likeness (QED) is 0.651. The van der Waals surface area contributed by atoms with Crippen molar-refractivity contribution in [1.29, 1.82) is 0 Å². The molecule has 1 fully saturated rings. The van der Waals surface area contributed by atoms with Crippen LogP contribution in [-0.4, -0.2) is 59.7 Å². The highest BCUT2D eigenvalue weighted by molar-refractivity contribution is 5.99. The average Bonchev–Trinajstić information content (AvgIpc) is 3.06. The number of carbonyl (C=O) groups is 2. The second-order valence-electron chi connectivity index (χ2n) is 7.26. The maximum absolute atomic E-state index is 12.9. The van der Waals surface area contributed by atoms with Crippen LogP contribution in [0.25, 0.3) is 10.9 Å². The van der Waals surface area contributed by atoms with Crippen molar-refractivity contribution in [3.8, 4) is 0 Å². The van der Waals surface area contributed by atoms with E-state index < -0.39 is 0 Å². The van der Waals surface area contributed by atoms with Crippen LogP contribution in [0.3, 0.4) is 0 Å². The van der Waals surface area contributed by atoms with E-state index in [1.54, 1.807) is 19.2 Å². The summed E-state index contributed by atoms with van der Waals surface area (Å²) in [5, 5.41) is 3.99. The molecule has 8 heteroatoms. The number of para-hydroxylation sites is 1. The van der Waals surface area contributed by atoms with Gasteiger partial charge in [-0.1, -0.05) is 18.2 Å². The summed E-state index contributed by atoms with van der Waals surface area (Å²) in [4.78, 5) is 37.5. The minimum atomic E-state index is -0.372. The van der Waals surface area contributed by atoms with Gasteiger partial charge in [-0.05, 0) is 37.6 Å². The molecule has 0 spiro atoms. The number of anilines is 2. The van der Waals surface area contributed by atoms with Crippen LogP contribution in [0.4, 0.5) is 16.3 Å². The molecule has 31 heavy (non-hydrogen) atoms. The second kappa shape index (κ2) is 9.42. The number of pyridine rings is 2. The van der Waals surface area contributed by atoms with Crippen molar-refractivity contribution in [3.05, 3.63) is 60.4 Å². The van der Waals surface area contributed by atoms with Gasteiger partial charge in [0.05, 0.1) is 23.4 Å². The number of urea groups is 1. The lowest BCUT2D eigenvalue weighted by atomic mass is 10.2. The molecule has 0 saturated carbocycles. The van der Waals surface area contributed by atoms with Gasteiger partial charge in [0.15, 0.2) is 0 Å². The predicted octanol–water partition coefficient (Wildman–Crippen LogP) is 3.55. The largest absolute Gasteiger partial charge is 0.462 e. The van der Waals surface area contributed by atoms with Gasteiger partial charge in [-0.15, -0.1) is 0 Å². The number of rotatable bonds is 4. The zero-order valence-corrected chi connectivity index (χ0v) is 17.5. The van der Waals surface area contributed by atoms with Crippen molar-refractivity contribution in [2.45, 2.75) is 13.3 Å². The standard InChI is InChI=1S/C23H25N5O3/c1-2-31-22(29)18-9-10-20(25-16-18)27-12-5-13-28(15-14-27)23(30)26-19-8-3-6-17-7-4-11-24-21(17)19/h3-4,6-11,16H,2,5,12-15H2,1H3,(H,26,30). The Morgan fingerprint density at radius 2 is 1.90 bits per heavy atom. The van der Waals surface area contributed by atoms with E-state index in [0.717, 1.165) is 29.7 Å². The summed E-state index contributed by atoms with van der Waals surface area (Å²) in [6.07, 6.45) is 4.08. The molecule has 2 aromatic heterocycles. The number of amides is 2. The Bertz CT molecular complexity index is 1070. The van der Waals surface area contributed by atoms with Gasteiger partial charge in [0.25, 0.3) is 0 Å². The molecular formula is C23H25N5O3. The normalized spacial score (nSPS) is 14.2. The number of nitrogens with one attached hydrogen (secondary N) is 1. The molecule has 0 bridgehead atoms. The highest BCUT2D eigenvalue weighted by Gasteiger charge is 2.21. The number of fused-ring (bicyclic) bond motifs is 1. The first kappa shape index (κ1) is 20.6. The molecule has 4 rings (SSSR count). The molecule has 3 aromatic rings. The van der Waals surface area contributed by atoms with Gasteiger partial charge >= 0.3 is 12.0 Å². The molecule has 1 saturated heterocycles. The molecule has 1 aliphatic rings. The molecule has 0 aliphatic carbocycles. The van der Waals surface area contributed by atoms with E-state index in [-0.39, 0.29) is 12.0 Å². The fourth-order valence-electron chi connectivity index (χ4n) is 3.66. The Hall–Kier alpha value is -3.68. The minimum Gasteiger partial charge on any atom is -0.462 e. The highest BCUT2D eigenvalue weighted by atomic mass is 16.5. The maximum Gasteiger partial charge on any atom is 0.339 e. The molecule has 0 radical (unpaired) electrons. The number of benzene rings is 1. The van der Waals surface area contributed by atoms with Gasteiger partial charge < -0.3 is 19.9 Å². The molecule has 1 aromatic carbocycles. The number of aromatic nitrogens is 2. The number of esters is 1. The third-order valence-corrected chi connectivity index (χ3v) is 5.24. The molecule has 0 atom stereocenters. The molecule has 1 aliphatic heterocycles. The van der Waals surface area contributed by atoms with E-state index in [9.17, 15) is 9.59 Å². The van der Waals surface area contributed by atoms with Crippen molar-refractivity contribution in [2.75, 3.05) is 43.0 Å². The fraction of sp³-hybridized carbons (Fsp3) is 0.304. The first-order chi connectivity index (χ1) is 15.2. The van der Waals surface area contributed by atoms with Crippen LogP contribution in [0.15, 0.2) is 54.9 Å². The fourth-order valence-corrected chi connectivity index (χ4v) is 3.66. The van der Waals surface area contributed by atoms with Gasteiger partial charge in [-0.25, -0.2) is 14.6 Å².